The molecule has 0 spiro atoms. The van der Waals surface area contributed by atoms with Crippen LogP contribution in [0.3, 0.4) is 0 Å². The number of likely N-dealkylation sites (N-methyl/N-ethyl adjacent to an activating group) is 2. The monoisotopic (exact) mass is 220 g/mol. The van der Waals surface area contributed by atoms with Crippen molar-refractivity contribution in [2.45, 2.75) is 26.3 Å². The van der Waals surface area contributed by atoms with Gasteiger partial charge in [0.25, 0.3) is 0 Å². The Morgan fingerprint density at radius 1 is 1.19 bits per heavy atom. The third kappa shape index (κ3) is 4.03. The van der Waals surface area contributed by atoms with Crippen molar-refractivity contribution < 1.29 is 4.79 Å². The molecule has 1 atom stereocenters. The lowest BCUT2D eigenvalue weighted by Gasteiger charge is -2.17. The molecule has 0 saturated heterocycles. The first-order valence-corrected chi connectivity index (χ1v) is 5.83. The lowest BCUT2D eigenvalue weighted by molar-refractivity contribution is -0.123. The molecule has 0 heterocycles. The largest absolute Gasteiger partial charge is 0.355 e. The molecule has 1 rings (SSSR count). The summed E-state index contributed by atoms with van der Waals surface area (Å²) in [4.78, 5) is 11.8. The third-order valence-electron chi connectivity index (χ3n) is 2.40. The van der Waals surface area contributed by atoms with Gasteiger partial charge in [0.1, 0.15) is 0 Å². The molecule has 0 aliphatic rings. The van der Waals surface area contributed by atoms with E-state index in [2.05, 4.69) is 10.6 Å². The molecule has 0 radical (unpaired) electrons. The van der Waals surface area contributed by atoms with Gasteiger partial charge >= 0.3 is 0 Å². The van der Waals surface area contributed by atoms with E-state index in [0.29, 0.717) is 6.54 Å². The van der Waals surface area contributed by atoms with Crippen molar-refractivity contribution in [3.63, 3.8) is 0 Å². The summed E-state index contributed by atoms with van der Waals surface area (Å²) in [7, 11) is 0. The van der Waals surface area contributed by atoms with Gasteiger partial charge in [0.2, 0.25) is 5.91 Å². The van der Waals surface area contributed by atoms with Gasteiger partial charge in [-0.1, -0.05) is 37.3 Å². The number of benzene rings is 1. The van der Waals surface area contributed by atoms with Crippen molar-refractivity contribution in [1.29, 1.82) is 0 Å². The van der Waals surface area contributed by atoms with Crippen LogP contribution in [0.25, 0.3) is 0 Å². The van der Waals surface area contributed by atoms with Gasteiger partial charge in [-0.3, -0.25) is 4.79 Å². The van der Waals surface area contributed by atoms with Crippen molar-refractivity contribution in [1.82, 2.24) is 10.6 Å². The van der Waals surface area contributed by atoms with Crippen LogP contribution in [0.2, 0.25) is 0 Å². The normalized spacial score (nSPS) is 12.1. The molecule has 1 unspecified atom stereocenters. The van der Waals surface area contributed by atoms with Crippen LogP contribution in [0.15, 0.2) is 30.3 Å². The summed E-state index contributed by atoms with van der Waals surface area (Å²) < 4.78 is 0. The molecule has 1 aromatic carbocycles. The Hall–Kier alpha value is -1.35. The highest BCUT2D eigenvalue weighted by atomic mass is 16.2. The molecule has 1 aromatic rings. The van der Waals surface area contributed by atoms with Crippen LogP contribution in [0.5, 0.6) is 0 Å². The van der Waals surface area contributed by atoms with Gasteiger partial charge in [0, 0.05) is 6.54 Å². The fraction of sp³-hybridized carbons (Fsp3) is 0.462. The van der Waals surface area contributed by atoms with E-state index in [1.165, 1.54) is 5.56 Å². The molecule has 0 aliphatic carbocycles. The number of hydrogen-bond donors (Lipinski definition) is 2. The van der Waals surface area contributed by atoms with Crippen molar-refractivity contribution in [3.05, 3.63) is 35.9 Å². The Kier molecular flexibility index (Phi) is 5.57. The summed E-state index contributed by atoms with van der Waals surface area (Å²) in [6.07, 6.45) is 0.737. The maximum atomic E-state index is 11.8. The molecule has 0 aromatic heterocycles. The highest BCUT2D eigenvalue weighted by Gasteiger charge is 2.16. The molecule has 88 valence electrons. The maximum absolute atomic E-state index is 11.8. The smallest absolute Gasteiger partial charge is 0.237 e. The van der Waals surface area contributed by atoms with Crippen LogP contribution in [0.4, 0.5) is 0 Å². The lowest BCUT2D eigenvalue weighted by Crippen LogP contribution is -2.45. The second-order valence-corrected chi connectivity index (χ2v) is 3.69. The van der Waals surface area contributed by atoms with Crippen LogP contribution in [-0.2, 0) is 11.2 Å². The predicted molar refractivity (Wildman–Crippen MR) is 66.3 cm³/mol. The van der Waals surface area contributed by atoms with Crippen LogP contribution in [0, 0.1) is 0 Å². The van der Waals surface area contributed by atoms with E-state index in [1.807, 2.05) is 44.2 Å². The number of carbonyl (C=O) groups excluding carboxylic acids is 1. The average molecular weight is 220 g/mol. The zero-order valence-electron chi connectivity index (χ0n) is 9.99. The van der Waals surface area contributed by atoms with E-state index in [0.717, 1.165) is 13.0 Å². The van der Waals surface area contributed by atoms with Crippen LogP contribution < -0.4 is 10.6 Å². The van der Waals surface area contributed by atoms with Gasteiger partial charge in [-0.15, -0.1) is 0 Å². The van der Waals surface area contributed by atoms with Crippen LogP contribution in [0.1, 0.15) is 19.4 Å². The van der Waals surface area contributed by atoms with E-state index in [4.69, 9.17) is 0 Å². The summed E-state index contributed by atoms with van der Waals surface area (Å²) >= 11 is 0. The van der Waals surface area contributed by atoms with Crippen molar-refractivity contribution >= 4 is 5.91 Å². The first-order chi connectivity index (χ1) is 7.77. The van der Waals surface area contributed by atoms with E-state index < -0.39 is 0 Å². The molecule has 2 N–H and O–H groups in total. The summed E-state index contributed by atoms with van der Waals surface area (Å²) in [6, 6.07) is 9.93. The number of rotatable bonds is 6. The van der Waals surface area contributed by atoms with Crippen LogP contribution in [-0.4, -0.2) is 25.0 Å². The quantitative estimate of drug-likeness (QED) is 0.759. The molecular formula is C13H20N2O. The van der Waals surface area contributed by atoms with E-state index >= 15 is 0 Å². The SMILES string of the molecule is CCNC(=O)C(Cc1ccccc1)NCC. The highest BCUT2D eigenvalue weighted by Crippen LogP contribution is 2.03. The summed E-state index contributed by atoms with van der Waals surface area (Å²) in [6.45, 7) is 5.42. The van der Waals surface area contributed by atoms with Gasteiger partial charge in [0.05, 0.1) is 6.04 Å². The number of nitrogens with one attached hydrogen (secondary N) is 2. The molecule has 0 bridgehead atoms. The Labute approximate surface area is 97.2 Å². The van der Waals surface area contributed by atoms with Crippen molar-refractivity contribution in [2.75, 3.05) is 13.1 Å². The molecule has 0 saturated carbocycles. The van der Waals surface area contributed by atoms with Crippen LogP contribution >= 0.6 is 0 Å². The standard InChI is InChI=1S/C13H20N2O/c1-3-14-12(13(16)15-4-2)10-11-8-6-5-7-9-11/h5-9,12,14H,3-4,10H2,1-2H3,(H,15,16). The zero-order chi connectivity index (χ0) is 11.8. The first kappa shape index (κ1) is 12.7. The Morgan fingerprint density at radius 2 is 1.88 bits per heavy atom. The lowest BCUT2D eigenvalue weighted by atomic mass is 10.1. The first-order valence-electron chi connectivity index (χ1n) is 5.83. The molecule has 1 amide bonds. The van der Waals surface area contributed by atoms with Gasteiger partial charge in [0.15, 0.2) is 0 Å². The van der Waals surface area contributed by atoms with E-state index in [-0.39, 0.29) is 11.9 Å². The fourth-order valence-electron chi connectivity index (χ4n) is 1.65. The summed E-state index contributed by atoms with van der Waals surface area (Å²) in [5.41, 5.74) is 1.18. The second kappa shape index (κ2) is 7.01. The second-order valence-electron chi connectivity index (χ2n) is 3.69. The molecular weight excluding hydrogens is 200 g/mol. The third-order valence-corrected chi connectivity index (χ3v) is 2.40. The molecule has 0 fully saturated rings. The minimum atomic E-state index is -0.132. The van der Waals surface area contributed by atoms with Gasteiger partial charge in [-0.2, -0.15) is 0 Å². The minimum Gasteiger partial charge on any atom is -0.355 e. The van der Waals surface area contributed by atoms with Crippen molar-refractivity contribution in [2.24, 2.45) is 0 Å². The Bertz CT molecular complexity index is 311. The Morgan fingerprint density at radius 3 is 2.44 bits per heavy atom. The van der Waals surface area contributed by atoms with E-state index in [1.54, 1.807) is 0 Å². The van der Waals surface area contributed by atoms with Gasteiger partial charge in [-0.25, -0.2) is 0 Å². The Balaban J connectivity index is 2.60. The maximum Gasteiger partial charge on any atom is 0.237 e. The molecule has 16 heavy (non-hydrogen) atoms. The average Bonchev–Trinajstić information content (AvgIpc) is 2.30. The fourth-order valence-corrected chi connectivity index (χ4v) is 1.65. The van der Waals surface area contributed by atoms with E-state index in [9.17, 15) is 4.79 Å². The zero-order valence-corrected chi connectivity index (χ0v) is 9.99. The topological polar surface area (TPSA) is 41.1 Å². The van der Waals surface area contributed by atoms with Gasteiger partial charge in [-0.05, 0) is 25.5 Å². The summed E-state index contributed by atoms with van der Waals surface area (Å²) in [5.74, 6) is 0.0770. The number of hydrogen-bond acceptors (Lipinski definition) is 2. The van der Waals surface area contributed by atoms with Gasteiger partial charge < -0.3 is 10.6 Å². The molecule has 0 aliphatic heterocycles. The van der Waals surface area contributed by atoms with Crippen molar-refractivity contribution in [3.8, 4) is 0 Å². The predicted octanol–water partition coefficient (Wildman–Crippen LogP) is 1.34. The number of amides is 1. The summed E-state index contributed by atoms with van der Waals surface area (Å²) in [5, 5.41) is 6.05. The molecule has 3 nitrogen and oxygen atoms in total. The number of carbonyl (C=O) groups is 1. The highest BCUT2D eigenvalue weighted by molar-refractivity contribution is 5.82. The molecule has 3 heteroatoms. The minimum absolute atomic E-state index is 0.0770.